The van der Waals surface area contributed by atoms with Crippen molar-refractivity contribution in [3.63, 3.8) is 0 Å². The van der Waals surface area contributed by atoms with Gasteiger partial charge in [-0.25, -0.2) is 32.5 Å². The summed E-state index contributed by atoms with van der Waals surface area (Å²) in [7, 11) is 0. The molecule has 97 heavy (non-hydrogen) atoms. The van der Waals surface area contributed by atoms with Crippen LogP contribution in [-0.2, 0) is 38.1 Å². The number of aryl methyl sites for hydroxylation is 3. The van der Waals surface area contributed by atoms with Gasteiger partial charge in [0.15, 0.2) is 49.3 Å². The zero-order valence-corrected chi connectivity index (χ0v) is 59.4. The Morgan fingerprint density at radius 3 is 1.04 bits per heavy atom. The number of oxazole rings is 3. The number of rotatable bonds is 28. The number of carbonyl (C=O) groups excluding carboxylic acids is 6. The van der Waals surface area contributed by atoms with Gasteiger partial charge in [0.1, 0.15) is 39.8 Å². The first-order valence-corrected chi connectivity index (χ1v) is 32.7. The molecule has 0 saturated heterocycles. The number of nitrogens with two attached hydrogens (primary N) is 2. The number of amides is 2. The third-order valence-corrected chi connectivity index (χ3v) is 16.4. The Bertz CT molecular complexity index is 3980. The molecule has 0 saturated carbocycles. The number of primary amides is 2. The fourth-order valence-electron chi connectivity index (χ4n) is 8.95. The maximum Gasteiger partial charge on any atom is 0.302 e. The van der Waals surface area contributed by atoms with Gasteiger partial charge in [-0.2, -0.15) is 0 Å². The Morgan fingerprint density at radius 2 is 0.742 bits per heavy atom. The van der Waals surface area contributed by atoms with E-state index in [-0.39, 0.29) is 91.6 Å². The smallest absolute Gasteiger partial charge is 0.302 e. The number of ether oxygens (including phenoxy) is 6. The molecule has 0 radical (unpaired) electrons. The second kappa shape index (κ2) is 36.9. The molecule has 8 aromatic rings. The molecule has 30 heteroatoms. The summed E-state index contributed by atoms with van der Waals surface area (Å²) in [6, 6.07) is 26.6. The Balaban J connectivity index is 0.000000233. The normalized spacial score (nSPS) is 12.0. The molecule has 5 aromatic carbocycles. The molecule has 0 bridgehead atoms. The van der Waals surface area contributed by atoms with Gasteiger partial charge in [0.2, 0.25) is 17.7 Å². The van der Waals surface area contributed by atoms with Crippen LogP contribution >= 0.6 is 63.7 Å². The van der Waals surface area contributed by atoms with E-state index in [4.69, 9.17) is 53.1 Å². The van der Waals surface area contributed by atoms with Crippen LogP contribution in [0.5, 0.6) is 11.5 Å². The van der Waals surface area contributed by atoms with Gasteiger partial charge >= 0.3 is 23.9 Å². The lowest BCUT2D eigenvalue weighted by Crippen LogP contribution is -2.24. The first kappa shape index (κ1) is 77.7. The van der Waals surface area contributed by atoms with Crippen molar-refractivity contribution in [1.29, 1.82) is 0 Å². The van der Waals surface area contributed by atoms with Crippen LogP contribution < -0.4 is 20.9 Å². The minimum Gasteiger partial charge on any atom is -0.478 e. The van der Waals surface area contributed by atoms with Gasteiger partial charge in [-0.3, -0.25) is 28.8 Å². The van der Waals surface area contributed by atoms with Gasteiger partial charge in [-0.1, -0.05) is 105 Å². The third-order valence-electron chi connectivity index (χ3n) is 14.0. The highest BCUT2D eigenvalue weighted by atomic mass is 79.9. The number of benzene rings is 5. The average Bonchev–Trinajstić information content (AvgIpc) is 1.80. The Hall–Kier alpha value is -8.29. The maximum absolute atomic E-state index is 15.0. The lowest BCUT2D eigenvalue weighted by Gasteiger charge is -2.23. The molecule has 0 fully saturated rings. The van der Waals surface area contributed by atoms with E-state index in [9.17, 15) is 52.2 Å². The SMILES string of the molecule is CC(=O)OCC(COC(C)=O)CC(Br)c1nc(-c2ccc(C)cc2)c(Br)o1.CC(=O)OCC(COC(C)=O)CC(Oc1ccc(F)c(C(N)=O)c1F)c1nc(-c2ccc(C)cc2)c(Br)o1.Cc1ccc(-c2nc(C(CC(CO)CO)Oc3ccc(F)c(C(N)=O)c3F)oc2Br)cc1. The molecule has 0 aliphatic carbocycles. The quantitative estimate of drug-likeness (QED) is 0.0153. The Morgan fingerprint density at radius 1 is 0.454 bits per heavy atom. The second-order valence-corrected chi connectivity index (χ2v) is 25.1. The molecule has 0 spiro atoms. The maximum atomic E-state index is 15.0. The van der Waals surface area contributed by atoms with Crippen molar-refractivity contribution in [2.24, 2.45) is 29.2 Å². The van der Waals surface area contributed by atoms with E-state index in [1.165, 1.54) is 27.7 Å². The predicted molar refractivity (Wildman–Crippen MR) is 356 cm³/mol. The van der Waals surface area contributed by atoms with E-state index in [1.807, 2.05) is 93.6 Å². The Labute approximate surface area is 587 Å². The van der Waals surface area contributed by atoms with Gasteiger partial charge < -0.3 is 63.4 Å². The highest BCUT2D eigenvalue weighted by Gasteiger charge is 2.33. The fraction of sp³-hybridized carbons (Fsp3) is 0.328. The molecule has 518 valence electrons. The first-order chi connectivity index (χ1) is 46.0. The summed E-state index contributed by atoms with van der Waals surface area (Å²) < 4.78 is 108. The van der Waals surface area contributed by atoms with Crippen molar-refractivity contribution < 1.29 is 98.2 Å². The minimum absolute atomic E-state index is 0.00396. The van der Waals surface area contributed by atoms with Gasteiger partial charge in [0.25, 0.3) is 11.8 Å². The van der Waals surface area contributed by atoms with E-state index in [2.05, 4.69) is 78.7 Å². The second-order valence-electron chi connectivity index (χ2n) is 21.9. The van der Waals surface area contributed by atoms with Crippen molar-refractivity contribution >= 4 is 99.4 Å². The van der Waals surface area contributed by atoms with Gasteiger partial charge in [0, 0.05) is 88.2 Å². The number of nitrogens with zero attached hydrogens (tertiary/aromatic N) is 3. The molecule has 3 heterocycles. The standard InChI is InChI=1S/C26H25BrF2N2O7.C22H21BrF2N2O5.C19H21Br2NO5/c1-13-4-6-17(7-5-13)23-24(27)38-26(31-23)20(10-16(11-35-14(2)32)12-36-15(3)33)37-19-9-8-18(28)21(22(19)29)25(30)34;1-11-2-4-13(5-3-11)19-20(23)32-22(27-19)16(8-12(9-28)10-29)31-15-7-6-14(24)17(18(15)25)21(26)30;1-11-4-6-15(7-5-11)17-18(21)27-19(22-17)16(20)8-14(9-25-12(2)23)10-26-13(3)24/h4-9,16,20H,10-12H2,1-3H3,(H2,30,34);2-7,12,16,28-29H,8-10H2,1H3,(H2,26,30);4-7,14,16H,8-10H2,1-3H3. The molecule has 0 aliphatic rings. The number of esters is 4. The van der Waals surface area contributed by atoms with Crippen molar-refractivity contribution in [1.82, 2.24) is 15.0 Å². The highest BCUT2D eigenvalue weighted by molar-refractivity contribution is 9.11. The lowest BCUT2D eigenvalue weighted by atomic mass is 10.0. The predicted octanol–water partition coefficient (Wildman–Crippen LogP) is 13.9. The van der Waals surface area contributed by atoms with E-state index >= 15 is 4.39 Å². The van der Waals surface area contributed by atoms with Crippen LogP contribution in [0, 0.1) is 61.8 Å². The largest absolute Gasteiger partial charge is 0.478 e. The van der Waals surface area contributed by atoms with Gasteiger partial charge in [-0.15, -0.1) is 0 Å². The van der Waals surface area contributed by atoms with E-state index < -0.39 is 93.7 Å². The molecule has 0 aliphatic heterocycles. The molecule has 3 atom stereocenters. The summed E-state index contributed by atoms with van der Waals surface area (Å²) in [4.78, 5) is 81.4. The van der Waals surface area contributed by atoms with Crippen LogP contribution in [-0.4, -0.2) is 100 Å². The topological polar surface area (TPSA) is 328 Å². The molecule has 22 nitrogen and oxygen atoms in total. The number of hydrogen-bond donors (Lipinski definition) is 4. The summed E-state index contributed by atoms with van der Waals surface area (Å²) in [6.45, 7) is 10.2. The van der Waals surface area contributed by atoms with Crippen molar-refractivity contribution in [2.75, 3.05) is 39.6 Å². The number of aromatic nitrogens is 3. The summed E-state index contributed by atoms with van der Waals surface area (Å²) in [6.07, 6.45) is -1.75. The fourth-order valence-corrected chi connectivity index (χ4v) is 11.1. The van der Waals surface area contributed by atoms with Crippen LogP contribution in [0.2, 0.25) is 0 Å². The Kier molecular flexibility index (Phi) is 29.6. The highest BCUT2D eigenvalue weighted by Crippen LogP contribution is 2.40. The van der Waals surface area contributed by atoms with Crippen LogP contribution in [0.15, 0.2) is 124 Å². The monoisotopic (exact) mass is 1610 g/mol. The van der Waals surface area contributed by atoms with Crippen molar-refractivity contribution in [3.8, 4) is 45.3 Å². The zero-order chi connectivity index (χ0) is 71.4. The third kappa shape index (κ3) is 22.9. The van der Waals surface area contributed by atoms with Gasteiger partial charge in [-0.05, 0) is 99.2 Å². The lowest BCUT2D eigenvalue weighted by molar-refractivity contribution is -0.148. The molecule has 3 unspecified atom stereocenters. The minimum atomic E-state index is -1.31. The number of carbonyl (C=O) groups is 6. The zero-order valence-electron chi connectivity index (χ0n) is 53.1. The summed E-state index contributed by atoms with van der Waals surface area (Å²) in [5, 5.41) is 19.0. The number of alkyl halides is 1. The molecule has 6 N–H and O–H groups in total. The first-order valence-electron chi connectivity index (χ1n) is 29.4. The van der Waals surface area contributed by atoms with Crippen LogP contribution in [0.1, 0.15) is 119 Å². The van der Waals surface area contributed by atoms with Gasteiger partial charge in [0.05, 0.1) is 31.3 Å². The van der Waals surface area contributed by atoms with E-state index in [1.54, 1.807) is 0 Å². The summed E-state index contributed by atoms with van der Waals surface area (Å²) in [5.41, 5.74) is 15.6. The molecular weight excluding hydrogens is 1540 g/mol. The average molecular weight is 1610 g/mol. The molecule has 8 rings (SSSR count). The van der Waals surface area contributed by atoms with Crippen LogP contribution in [0.4, 0.5) is 17.6 Å². The number of aliphatic hydroxyl groups excluding tert-OH is 2. The summed E-state index contributed by atoms with van der Waals surface area (Å²) in [5.74, 6) is -11.2. The molecule has 2 amide bonds. The number of halogens is 8. The number of hydrogen-bond acceptors (Lipinski definition) is 20. The van der Waals surface area contributed by atoms with Crippen molar-refractivity contribution in [2.45, 2.75) is 84.8 Å². The van der Waals surface area contributed by atoms with Crippen molar-refractivity contribution in [3.05, 3.63) is 180 Å². The molecular formula is C67H67Br4F4N5O17. The number of aliphatic hydroxyl groups is 2. The summed E-state index contributed by atoms with van der Waals surface area (Å²) >= 11 is 13.6. The molecule has 3 aromatic heterocycles. The van der Waals surface area contributed by atoms with E-state index in [0.29, 0.717) is 38.7 Å². The van der Waals surface area contributed by atoms with E-state index in [0.717, 1.165) is 57.6 Å². The van der Waals surface area contributed by atoms with Crippen LogP contribution in [0.3, 0.4) is 0 Å². The van der Waals surface area contributed by atoms with Crippen LogP contribution in [0.25, 0.3) is 33.8 Å².